The van der Waals surface area contributed by atoms with Crippen LogP contribution in [0, 0.1) is 0 Å². The number of carbonyl (C=O) groups is 1. The Morgan fingerprint density at radius 1 is 0.824 bits per heavy atom. The number of alkyl halides is 3. The quantitative estimate of drug-likeness (QED) is 0.298. The summed E-state index contributed by atoms with van der Waals surface area (Å²) < 4.78 is 47.2. The zero-order chi connectivity index (χ0) is 24.3. The van der Waals surface area contributed by atoms with Crippen LogP contribution in [0.25, 0.3) is 5.69 Å². The van der Waals surface area contributed by atoms with Crippen LogP contribution >= 0.6 is 0 Å². The first-order chi connectivity index (χ1) is 16.2. The molecule has 0 radical (unpaired) electrons. The first-order valence-corrected chi connectivity index (χ1v) is 9.78. The number of ether oxygens (including phenoxy) is 1. The van der Waals surface area contributed by atoms with Crippen molar-refractivity contribution in [1.29, 1.82) is 0 Å². The molecule has 11 heteroatoms. The number of amides is 2. The second-order valence-electron chi connectivity index (χ2n) is 7.00. The minimum absolute atomic E-state index is 0.141. The molecule has 0 fully saturated rings. The molecule has 0 aliphatic carbocycles. The molecule has 0 aliphatic heterocycles. The lowest BCUT2D eigenvalue weighted by molar-refractivity contribution is -0.137. The first-order valence-electron chi connectivity index (χ1n) is 9.78. The molecular weight excluding hydrogens is 453 g/mol. The number of benzene rings is 2. The number of aromatic hydroxyl groups is 2. The van der Waals surface area contributed by atoms with Crippen molar-refractivity contribution in [2.45, 2.75) is 6.18 Å². The number of nitrogens with zero attached hydrogens (tertiary/aromatic N) is 2. The van der Waals surface area contributed by atoms with E-state index in [1.54, 1.807) is 48.8 Å². The van der Waals surface area contributed by atoms with Crippen LogP contribution in [0.5, 0.6) is 23.3 Å². The Balaban J connectivity index is 1.48. The van der Waals surface area contributed by atoms with Crippen LogP contribution < -0.4 is 15.4 Å². The van der Waals surface area contributed by atoms with E-state index in [9.17, 15) is 28.2 Å². The third kappa shape index (κ3) is 5.04. The van der Waals surface area contributed by atoms with Gasteiger partial charge in [0.15, 0.2) is 11.8 Å². The number of anilines is 2. The zero-order valence-corrected chi connectivity index (χ0v) is 17.2. The number of carbonyl (C=O) groups excluding carboxylic acids is 1. The topological polar surface area (TPSA) is 109 Å². The highest BCUT2D eigenvalue weighted by molar-refractivity contribution is 5.99. The number of hydrogen-bond donors (Lipinski definition) is 4. The molecule has 2 aromatic heterocycles. The lowest BCUT2D eigenvalue weighted by Gasteiger charge is -2.17. The van der Waals surface area contributed by atoms with Crippen LogP contribution in [0.15, 0.2) is 79.1 Å². The molecule has 0 bridgehead atoms. The van der Waals surface area contributed by atoms with Gasteiger partial charge in [-0.3, -0.25) is 9.55 Å². The monoisotopic (exact) mass is 470 g/mol. The summed E-state index contributed by atoms with van der Waals surface area (Å²) in [5.41, 5.74) is -1.42. The molecule has 4 N–H and O–H groups in total. The first kappa shape index (κ1) is 22.5. The minimum Gasteiger partial charge on any atom is -0.494 e. The van der Waals surface area contributed by atoms with E-state index in [0.717, 1.165) is 18.2 Å². The van der Waals surface area contributed by atoms with Gasteiger partial charge in [0.2, 0.25) is 0 Å². The maximum atomic E-state index is 13.6. The normalized spacial score (nSPS) is 11.1. The van der Waals surface area contributed by atoms with Crippen LogP contribution in [0.2, 0.25) is 0 Å². The number of pyridine rings is 1. The average Bonchev–Trinajstić information content (AvgIpc) is 3.13. The third-order valence-electron chi connectivity index (χ3n) is 4.64. The second kappa shape index (κ2) is 9.06. The summed E-state index contributed by atoms with van der Waals surface area (Å²) in [6, 6.07) is 14.0. The Bertz CT molecular complexity index is 1290. The summed E-state index contributed by atoms with van der Waals surface area (Å²) in [5.74, 6) is -0.0476. The van der Waals surface area contributed by atoms with Gasteiger partial charge in [-0.25, -0.2) is 4.79 Å². The molecule has 0 aliphatic rings. The molecule has 0 saturated carbocycles. The van der Waals surface area contributed by atoms with E-state index in [4.69, 9.17) is 4.74 Å². The highest BCUT2D eigenvalue weighted by Crippen LogP contribution is 2.39. The van der Waals surface area contributed by atoms with Crippen LogP contribution in [0.1, 0.15) is 5.56 Å². The predicted octanol–water partition coefficient (Wildman–Crippen LogP) is 5.74. The summed E-state index contributed by atoms with van der Waals surface area (Å²) in [7, 11) is 0. The SMILES string of the molecule is O=C(Nc1ccc(Oc2ccncc2)cc1)Nc1ccc(-n2c(O)ccc2O)c(C(F)(F)F)c1. The van der Waals surface area contributed by atoms with Gasteiger partial charge in [-0.1, -0.05) is 0 Å². The Kier molecular flexibility index (Phi) is 6.00. The number of aromatic nitrogens is 2. The standard InChI is InChI=1S/C23H17F3N4O4/c24-23(25,26)18-13-15(3-6-19(18)30-20(31)7-8-21(30)32)29-22(33)28-14-1-4-16(5-2-14)34-17-9-11-27-12-10-17/h1-13,31-32H,(H2,28,29,33). The Hall–Kier alpha value is -4.67. The highest BCUT2D eigenvalue weighted by Gasteiger charge is 2.35. The molecular formula is C23H17F3N4O4. The summed E-state index contributed by atoms with van der Waals surface area (Å²) in [6.45, 7) is 0. The lowest BCUT2D eigenvalue weighted by atomic mass is 10.1. The van der Waals surface area contributed by atoms with Gasteiger partial charge < -0.3 is 25.6 Å². The maximum absolute atomic E-state index is 13.6. The average molecular weight is 470 g/mol. The van der Waals surface area contributed by atoms with Crippen molar-refractivity contribution in [2.24, 2.45) is 0 Å². The smallest absolute Gasteiger partial charge is 0.418 e. The molecule has 0 spiro atoms. The van der Waals surface area contributed by atoms with E-state index < -0.39 is 35.2 Å². The van der Waals surface area contributed by atoms with Crippen molar-refractivity contribution < 1.29 is 32.9 Å². The van der Waals surface area contributed by atoms with Gasteiger partial charge in [-0.05, 0) is 54.6 Å². The van der Waals surface area contributed by atoms with Gasteiger partial charge in [0.25, 0.3) is 0 Å². The summed E-state index contributed by atoms with van der Waals surface area (Å²) in [4.78, 5) is 16.2. The van der Waals surface area contributed by atoms with Crippen molar-refractivity contribution in [3.63, 3.8) is 0 Å². The molecule has 8 nitrogen and oxygen atoms in total. The van der Waals surface area contributed by atoms with Gasteiger partial charge in [-0.2, -0.15) is 13.2 Å². The van der Waals surface area contributed by atoms with Crippen molar-refractivity contribution in [3.05, 3.63) is 84.7 Å². The summed E-state index contributed by atoms with van der Waals surface area (Å²) in [6.07, 6.45) is -1.66. The Morgan fingerprint density at radius 2 is 1.38 bits per heavy atom. The number of rotatable bonds is 5. The second-order valence-corrected chi connectivity index (χ2v) is 7.00. The fraction of sp³-hybridized carbons (Fsp3) is 0.0435. The Labute approximate surface area is 190 Å². The van der Waals surface area contributed by atoms with Crippen molar-refractivity contribution in [2.75, 3.05) is 10.6 Å². The predicted molar refractivity (Wildman–Crippen MR) is 117 cm³/mol. The largest absolute Gasteiger partial charge is 0.494 e. The molecule has 0 atom stereocenters. The van der Waals surface area contributed by atoms with Gasteiger partial charge in [-0.15, -0.1) is 0 Å². The number of nitrogens with one attached hydrogen (secondary N) is 2. The van der Waals surface area contributed by atoms with E-state index in [0.29, 0.717) is 27.8 Å². The molecule has 4 aromatic rings. The number of hydrogen-bond acceptors (Lipinski definition) is 5. The van der Waals surface area contributed by atoms with E-state index in [2.05, 4.69) is 15.6 Å². The summed E-state index contributed by atoms with van der Waals surface area (Å²) in [5, 5.41) is 24.5. The Morgan fingerprint density at radius 3 is 2.00 bits per heavy atom. The van der Waals surface area contributed by atoms with Crippen LogP contribution in [-0.2, 0) is 6.18 Å². The molecule has 174 valence electrons. The fourth-order valence-corrected chi connectivity index (χ4v) is 3.14. The highest BCUT2D eigenvalue weighted by atomic mass is 19.4. The van der Waals surface area contributed by atoms with Crippen LogP contribution in [-0.4, -0.2) is 25.8 Å². The van der Waals surface area contributed by atoms with Crippen molar-refractivity contribution >= 4 is 17.4 Å². The number of halogens is 3. The minimum atomic E-state index is -4.82. The molecule has 34 heavy (non-hydrogen) atoms. The van der Waals surface area contributed by atoms with Gasteiger partial charge in [0.05, 0.1) is 11.3 Å². The number of urea groups is 1. The summed E-state index contributed by atoms with van der Waals surface area (Å²) >= 11 is 0. The van der Waals surface area contributed by atoms with E-state index in [1.165, 1.54) is 6.07 Å². The maximum Gasteiger partial charge on any atom is 0.418 e. The molecule has 0 saturated heterocycles. The van der Waals surface area contributed by atoms with Gasteiger partial charge in [0, 0.05) is 35.9 Å². The van der Waals surface area contributed by atoms with E-state index in [-0.39, 0.29) is 5.69 Å². The molecule has 0 unspecified atom stereocenters. The molecule has 2 heterocycles. The van der Waals surface area contributed by atoms with E-state index >= 15 is 0 Å². The van der Waals surface area contributed by atoms with Crippen molar-refractivity contribution in [3.8, 4) is 28.9 Å². The lowest BCUT2D eigenvalue weighted by Crippen LogP contribution is -2.20. The third-order valence-corrected chi connectivity index (χ3v) is 4.64. The van der Waals surface area contributed by atoms with Gasteiger partial charge >= 0.3 is 12.2 Å². The molecule has 2 amide bonds. The fourth-order valence-electron chi connectivity index (χ4n) is 3.14. The van der Waals surface area contributed by atoms with Crippen LogP contribution in [0.3, 0.4) is 0 Å². The van der Waals surface area contributed by atoms with Gasteiger partial charge in [0.1, 0.15) is 11.5 Å². The van der Waals surface area contributed by atoms with Crippen molar-refractivity contribution in [1.82, 2.24) is 9.55 Å². The van der Waals surface area contributed by atoms with Crippen LogP contribution in [0.4, 0.5) is 29.3 Å². The molecule has 2 aromatic carbocycles. The zero-order valence-electron chi connectivity index (χ0n) is 17.2. The van der Waals surface area contributed by atoms with E-state index in [1.807, 2.05) is 0 Å². The molecule has 4 rings (SSSR count).